The molecule has 2 unspecified atom stereocenters. The molecule has 2 rings (SSSR count). The average molecular weight is 385 g/mol. The Kier molecular flexibility index (Phi) is 4.32. The molecular weight excluding hydrogens is 360 g/mol. The topological polar surface area (TPSA) is 167 Å². The number of aliphatic hydroxyl groups is 3. The number of carbonyl (C=O) groups excluding carboxylic acids is 4. The molecular formula is C17H22N2O8. The normalized spacial score (nSPS) is 35.6. The predicted octanol–water partition coefficient (Wildman–Crippen LogP) is -2.11. The molecule has 0 aromatic rings. The third-order valence-corrected chi connectivity index (χ3v) is 4.60. The number of hydrogen-bond acceptors (Lipinski definition) is 9. The molecule has 2 aliphatic heterocycles. The fourth-order valence-corrected chi connectivity index (χ4v) is 3.11. The Bertz CT molecular complexity index is 819. The van der Waals surface area contributed by atoms with Crippen molar-refractivity contribution in [2.24, 2.45) is 5.73 Å². The summed E-state index contributed by atoms with van der Waals surface area (Å²) in [6.45, 7) is -3.24. The second-order valence-corrected chi connectivity index (χ2v) is 6.25. The third-order valence-electron chi connectivity index (χ3n) is 4.60. The van der Waals surface area contributed by atoms with E-state index in [9.17, 15) is 34.5 Å². The van der Waals surface area contributed by atoms with Crippen molar-refractivity contribution in [2.75, 3.05) is 0 Å². The summed E-state index contributed by atoms with van der Waals surface area (Å²) < 4.78 is 27.2. The van der Waals surface area contributed by atoms with Gasteiger partial charge in [-0.3, -0.25) is 19.2 Å². The lowest BCUT2D eigenvalue weighted by Gasteiger charge is -2.40. The molecule has 2 aliphatic rings. The zero-order chi connectivity index (χ0) is 22.9. The largest absolute Gasteiger partial charge is 0.382 e. The lowest BCUT2D eigenvalue weighted by Crippen LogP contribution is -2.69. The number of aliphatic hydroxyl groups excluding tert-OH is 1. The second kappa shape index (κ2) is 6.97. The first kappa shape index (κ1) is 16.8. The van der Waals surface area contributed by atoms with E-state index in [-0.39, 0.29) is 12.0 Å². The molecule has 10 nitrogen and oxygen atoms in total. The zero-order valence-electron chi connectivity index (χ0n) is 17.2. The highest BCUT2D eigenvalue weighted by atomic mass is 16.6. The Balaban J connectivity index is 2.70. The number of ketones is 3. The van der Waals surface area contributed by atoms with Crippen LogP contribution in [0.5, 0.6) is 0 Å². The Morgan fingerprint density at radius 1 is 1.26 bits per heavy atom. The highest BCUT2D eigenvalue weighted by Gasteiger charge is 2.73. The maximum absolute atomic E-state index is 12.6. The standard InChI is InChI=1S/C17H22N2O8/c1-8(20)12(23)13-16(25,9(2)21)17(26,10(3)22)15(27-13)19-6-4-5-11(7-19)14(18)24/h4,6-7,12-13,15,23,25-26H,5H2,1-3H3,(H2,18,24)/t12?,13-,15?,16-,17+/m1/s1/i1D,2D,3D. The van der Waals surface area contributed by atoms with Crippen molar-refractivity contribution in [1.29, 1.82) is 0 Å². The third kappa shape index (κ3) is 3.00. The molecule has 5 N–H and O–H groups in total. The molecule has 0 aromatic heterocycles. The van der Waals surface area contributed by atoms with Crippen molar-refractivity contribution in [3.8, 4) is 0 Å². The summed E-state index contributed by atoms with van der Waals surface area (Å²) in [5, 5.41) is 32.7. The first-order valence-corrected chi connectivity index (χ1v) is 7.70. The van der Waals surface area contributed by atoms with Crippen LogP contribution >= 0.6 is 0 Å². The number of ether oxygens (including phenoxy) is 1. The van der Waals surface area contributed by atoms with Crippen LogP contribution in [0, 0.1) is 0 Å². The van der Waals surface area contributed by atoms with E-state index in [0.29, 0.717) is 0 Å². The smallest absolute Gasteiger partial charge is 0.246 e. The van der Waals surface area contributed by atoms with Crippen LogP contribution in [0.25, 0.3) is 0 Å². The van der Waals surface area contributed by atoms with Gasteiger partial charge in [-0.1, -0.05) is 6.08 Å². The van der Waals surface area contributed by atoms with Gasteiger partial charge in [-0.2, -0.15) is 0 Å². The number of hydrogen-bond donors (Lipinski definition) is 4. The van der Waals surface area contributed by atoms with Gasteiger partial charge in [0.2, 0.25) is 11.5 Å². The molecule has 0 spiro atoms. The highest BCUT2D eigenvalue weighted by Crippen LogP contribution is 2.45. The lowest BCUT2D eigenvalue weighted by molar-refractivity contribution is -0.184. The molecule has 1 amide bonds. The molecule has 0 radical (unpaired) electrons. The summed E-state index contributed by atoms with van der Waals surface area (Å²) in [7, 11) is 0. The summed E-state index contributed by atoms with van der Waals surface area (Å²) in [6, 6.07) is 0. The zero-order valence-corrected chi connectivity index (χ0v) is 14.2. The number of nitrogens with two attached hydrogens (primary N) is 1. The number of allylic oxidation sites excluding steroid dienone is 1. The van der Waals surface area contributed by atoms with Crippen molar-refractivity contribution >= 4 is 23.3 Å². The van der Waals surface area contributed by atoms with Crippen LogP contribution in [0.1, 0.15) is 31.2 Å². The van der Waals surface area contributed by atoms with Crippen molar-refractivity contribution in [3.63, 3.8) is 0 Å². The molecule has 27 heavy (non-hydrogen) atoms. The van der Waals surface area contributed by atoms with Crippen molar-refractivity contribution in [2.45, 2.75) is 56.8 Å². The van der Waals surface area contributed by atoms with E-state index in [0.717, 1.165) is 11.1 Å². The molecule has 1 fully saturated rings. The molecule has 148 valence electrons. The average Bonchev–Trinajstić information content (AvgIpc) is 3.00. The summed E-state index contributed by atoms with van der Waals surface area (Å²) in [4.78, 5) is 49.4. The van der Waals surface area contributed by atoms with Crippen LogP contribution in [0.15, 0.2) is 24.0 Å². The summed E-state index contributed by atoms with van der Waals surface area (Å²) in [6.07, 6.45) is -2.65. The number of Topliss-reactive ketones (excluding diaryl/α,β-unsaturated/α-hetero) is 3. The van der Waals surface area contributed by atoms with E-state index >= 15 is 0 Å². The van der Waals surface area contributed by atoms with Crippen LogP contribution in [0.3, 0.4) is 0 Å². The van der Waals surface area contributed by atoms with Gasteiger partial charge in [0.05, 0.1) is 0 Å². The van der Waals surface area contributed by atoms with E-state index < -0.39 is 73.6 Å². The van der Waals surface area contributed by atoms with Crippen LogP contribution in [-0.4, -0.2) is 73.1 Å². The van der Waals surface area contributed by atoms with Crippen molar-refractivity contribution in [1.82, 2.24) is 4.90 Å². The Morgan fingerprint density at radius 2 is 1.89 bits per heavy atom. The summed E-state index contributed by atoms with van der Waals surface area (Å²) in [5.74, 6) is -4.86. The van der Waals surface area contributed by atoms with E-state index in [1.165, 1.54) is 12.3 Å². The number of carbonyl (C=O) groups is 4. The molecule has 0 aliphatic carbocycles. The minimum atomic E-state index is -3.28. The van der Waals surface area contributed by atoms with E-state index in [1.54, 1.807) is 0 Å². The predicted molar refractivity (Wildman–Crippen MR) is 89.5 cm³/mol. The highest BCUT2D eigenvalue weighted by molar-refractivity contribution is 6.00. The minimum Gasteiger partial charge on any atom is -0.382 e. The fourth-order valence-electron chi connectivity index (χ4n) is 3.11. The molecule has 1 saturated heterocycles. The van der Waals surface area contributed by atoms with Crippen LogP contribution < -0.4 is 5.73 Å². The van der Waals surface area contributed by atoms with Crippen LogP contribution in [0.4, 0.5) is 0 Å². The first-order chi connectivity index (χ1) is 14.0. The Morgan fingerprint density at radius 3 is 2.44 bits per heavy atom. The Labute approximate surface area is 159 Å². The maximum atomic E-state index is 12.6. The molecule has 0 aromatic carbocycles. The maximum Gasteiger partial charge on any atom is 0.246 e. The van der Waals surface area contributed by atoms with Gasteiger partial charge in [-0.25, -0.2) is 0 Å². The number of amides is 1. The van der Waals surface area contributed by atoms with Gasteiger partial charge >= 0.3 is 0 Å². The fraction of sp³-hybridized carbons (Fsp3) is 0.529. The van der Waals surface area contributed by atoms with E-state index in [1.807, 2.05) is 0 Å². The number of nitrogens with zero attached hydrogens (tertiary/aromatic N) is 1. The van der Waals surface area contributed by atoms with Gasteiger partial charge in [-0.15, -0.1) is 0 Å². The molecule has 10 heteroatoms. The Hall–Kier alpha value is -2.40. The van der Waals surface area contributed by atoms with Gasteiger partial charge in [0, 0.05) is 22.1 Å². The summed E-state index contributed by atoms with van der Waals surface area (Å²) >= 11 is 0. The first-order valence-electron chi connectivity index (χ1n) is 9.82. The number of primary amides is 1. The minimum absolute atomic E-state index is 0.0170. The molecule has 0 saturated carbocycles. The van der Waals surface area contributed by atoms with Gasteiger partial charge in [0.25, 0.3) is 0 Å². The van der Waals surface area contributed by atoms with Crippen molar-refractivity contribution < 1.29 is 43.3 Å². The van der Waals surface area contributed by atoms with Gasteiger partial charge in [0.15, 0.2) is 29.2 Å². The molecule has 2 heterocycles. The van der Waals surface area contributed by atoms with Crippen LogP contribution in [-0.2, 0) is 23.9 Å². The molecule has 0 bridgehead atoms. The quantitative estimate of drug-likeness (QED) is 0.400. The van der Waals surface area contributed by atoms with Crippen LogP contribution in [0.2, 0.25) is 0 Å². The van der Waals surface area contributed by atoms with E-state index in [4.69, 9.17) is 14.6 Å². The number of rotatable bonds is 6. The van der Waals surface area contributed by atoms with Gasteiger partial charge in [0.1, 0.15) is 12.2 Å². The van der Waals surface area contributed by atoms with E-state index in [2.05, 4.69) is 0 Å². The molecule has 5 atom stereocenters. The monoisotopic (exact) mass is 385 g/mol. The summed E-state index contributed by atoms with van der Waals surface area (Å²) in [5.41, 5.74) is -1.22. The SMILES string of the molecule is [2H]CC(=O)C(O)[C@H]1OC(N2C=CCC(C(N)=O)=C2)[C@@](O)(C(=O)C[2H])[C@@]1(O)C(=O)C[2H]. The van der Waals surface area contributed by atoms with Crippen molar-refractivity contribution in [3.05, 3.63) is 24.0 Å². The van der Waals surface area contributed by atoms with Gasteiger partial charge in [-0.05, 0) is 27.1 Å². The second-order valence-electron chi connectivity index (χ2n) is 6.25. The lowest BCUT2D eigenvalue weighted by atomic mass is 9.73. The van der Waals surface area contributed by atoms with Gasteiger partial charge < -0.3 is 30.7 Å².